The summed E-state index contributed by atoms with van der Waals surface area (Å²) in [7, 11) is 0. The number of aryl methyl sites for hydroxylation is 1. The number of nitrogens with one attached hydrogen (secondary N) is 1. The van der Waals surface area contributed by atoms with E-state index in [9.17, 15) is 24.3 Å². The predicted molar refractivity (Wildman–Crippen MR) is 129 cm³/mol. The van der Waals surface area contributed by atoms with Crippen molar-refractivity contribution in [3.63, 3.8) is 0 Å². The summed E-state index contributed by atoms with van der Waals surface area (Å²) >= 11 is 0. The van der Waals surface area contributed by atoms with Gasteiger partial charge in [0, 0.05) is 17.5 Å². The smallest absolute Gasteiger partial charge is 0.337 e. The average Bonchev–Trinajstić information content (AvgIpc) is 3.09. The molecule has 35 heavy (non-hydrogen) atoms. The van der Waals surface area contributed by atoms with E-state index in [0.717, 1.165) is 4.90 Å². The van der Waals surface area contributed by atoms with Crippen LogP contribution in [0, 0.1) is 13.8 Å². The molecule has 2 aromatic carbocycles. The summed E-state index contributed by atoms with van der Waals surface area (Å²) in [6, 6.07) is 13.9. The van der Waals surface area contributed by atoms with Crippen molar-refractivity contribution in [2.45, 2.75) is 20.8 Å². The molecule has 0 unspecified atom stereocenters. The van der Waals surface area contributed by atoms with E-state index < -0.39 is 23.8 Å². The van der Waals surface area contributed by atoms with Gasteiger partial charge in [-0.1, -0.05) is 18.2 Å². The molecule has 3 aromatic rings. The van der Waals surface area contributed by atoms with Crippen LogP contribution in [0.2, 0.25) is 0 Å². The number of nitrogens with zero attached hydrogens (tertiary/aromatic N) is 2. The highest BCUT2D eigenvalue weighted by Gasteiger charge is 2.37. The number of barbiturate groups is 1. The Kier molecular flexibility index (Phi) is 6.24. The van der Waals surface area contributed by atoms with Gasteiger partial charge in [0.25, 0.3) is 11.8 Å². The number of carboxylic acid groups (broad SMARTS) is 1. The Balaban J connectivity index is 1.77. The van der Waals surface area contributed by atoms with E-state index in [0.29, 0.717) is 35.0 Å². The molecule has 9 nitrogen and oxygen atoms in total. The highest BCUT2D eigenvalue weighted by atomic mass is 16.5. The van der Waals surface area contributed by atoms with Gasteiger partial charge in [0.2, 0.25) is 0 Å². The molecule has 0 saturated carbocycles. The molecule has 1 saturated heterocycles. The van der Waals surface area contributed by atoms with Crippen LogP contribution >= 0.6 is 0 Å². The molecule has 2 N–H and O–H groups in total. The van der Waals surface area contributed by atoms with E-state index in [1.54, 1.807) is 66.9 Å². The first-order valence-corrected chi connectivity index (χ1v) is 10.9. The van der Waals surface area contributed by atoms with Crippen LogP contribution in [0.15, 0.2) is 60.2 Å². The van der Waals surface area contributed by atoms with Crippen molar-refractivity contribution in [1.82, 2.24) is 9.88 Å². The van der Waals surface area contributed by atoms with Gasteiger partial charge in [-0.25, -0.2) is 14.5 Å². The van der Waals surface area contributed by atoms with Crippen LogP contribution in [0.4, 0.5) is 10.5 Å². The molecule has 4 rings (SSSR count). The Morgan fingerprint density at radius 2 is 1.80 bits per heavy atom. The predicted octanol–water partition coefficient (Wildman–Crippen LogP) is 3.86. The molecule has 0 aliphatic carbocycles. The van der Waals surface area contributed by atoms with E-state index in [1.165, 1.54) is 12.1 Å². The number of carboxylic acids is 1. The lowest BCUT2D eigenvalue weighted by Crippen LogP contribution is -2.54. The van der Waals surface area contributed by atoms with E-state index in [4.69, 9.17) is 4.74 Å². The van der Waals surface area contributed by atoms with Crippen LogP contribution in [0.3, 0.4) is 0 Å². The summed E-state index contributed by atoms with van der Waals surface area (Å²) in [5.41, 5.74) is 2.50. The second kappa shape index (κ2) is 9.30. The first kappa shape index (κ1) is 23.5. The number of carbonyl (C=O) groups is 4. The first-order valence-electron chi connectivity index (χ1n) is 10.9. The molecule has 1 aliphatic heterocycles. The molecular weight excluding hydrogens is 450 g/mol. The Hall–Kier alpha value is -4.66. The van der Waals surface area contributed by atoms with Crippen LogP contribution in [-0.4, -0.2) is 40.1 Å². The monoisotopic (exact) mass is 473 g/mol. The zero-order valence-electron chi connectivity index (χ0n) is 19.4. The fraction of sp³-hybridized carbons (Fsp3) is 0.154. The van der Waals surface area contributed by atoms with E-state index in [1.807, 2.05) is 6.92 Å². The van der Waals surface area contributed by atoms with Crippen molar-refractivity contribution in [2.75, 3.05) is 11.5 Å². The second-order valence-electron chi connectivity index (χ2n) is 7.87. The summed E-state index contributed by atoms with van der Waals surface area (Å²) in [6.45, 7) is 5.78. The van der Waals surface area contributed by atoms with Crippen LogP contribution in [-0.2, 0) is 9.59 Å². The number of anilines is 1. The molecule has 0 spiro atoms. The molecule has 0 bridgehead atoms. The van der Waals surface area contributed by atoms with Crippen molar-refractivity contribution < 1.29 is 29.0 Å². The number of aromatic carboxylic acids is 1. The molecule has 1 aromatic heterocycles. The van der Waals surface area contributed by atoms with Gasteiger partial charge in [-0.2, -0.15) is 0 Å². The summed E-state index contributed by atoms with van der Waals surface area (Å²) in [4.78, 5) is 51.1. The number of benzene rings is 2. The lowest BCUT2D eigenvalue weighted by molar-refractivity contribution is -0.122. The number of hydrogen-bond acceptors (Lipinski definition) is 5. The molecule has 178 valence electrons. The van der Waals surface area contributed by atoms with Gasteiger partial charge in [-0.15, -0.1) is 0 Å². The summed E-state index contributed by atoms with van der Waals surface area (Å²) in [5, 5.41) is 11.8. The highest BCUT2D eigenvalue weighted by Crippen LogP contribution is 2.28. The number of amides is 4. The Bertz CT molecular complexity index is 1400. The van der Waals surface area contributed by atoms with E-state index in [-0.39, 0.29) is 16.8 Å². The molecule has 1 fully saturated rings. The summed E-state index contributed by atoms with van der Waals surface area (Å²) in [5.74, 6) is -2.18. The minimum absolute atomic E-state index is 0.117. The first-order chi connectivity index (χ1) is 16.7. The third-order valence-electron chi connectivity index (χ3n) is 5.63. The van der Waals surface area contributed by atoms with Crippen molar-refractivity contribution >= 4 is 35.6 Å². The minimum Gasteiger partial charge on any atom is -0.494 e. The number of carbonyl (C=O) groups excluding carboxylic acids is 3. The second-order valence-corrected chi connectivity index (χ2v) is 7.87. The lowest BCUT2D eigenvalue weighted by atomic mass is 10.1. The third kappa shape index (κ3) is 4.31. The largest absolute Gasteiger partial charge is 0.494 e. The van der Waals surface area contributed by atoms with Gasteiger partial charge in [0.1, 0.15) is 11.3 Å². The molecule has 4 amide bonds. The average molecular weight is 473 g/mol. The van der Waals surface area contributed by atoms with Crippen LogP contribution in [0.25, 0.3) is 11.8 Å². The van der Waals surface area contributed by atoms with Gasteiger partial charge in [-0.05, 0) is 62.7 Å². The number of para-hydroxylation sites is 1. The van der Waals surface area contributed by atoms with Crippen molar-refractivity contribution in [1.29, 1.82) is 0 Å². The topological polar surface area (TPSA) is 118 Å². The zero-order chi connectivity index (χ0) is 25.3. The SMILES string of the molecule is CCOc1cccc(N2C(=O)NC(=O)/C(=C\c3cc(C)n(-c4ccccc4C(=O)O)c3C)C2=O)c1. The fourth-order valence-electron chi connectivity index (χ4n) is 4.08. The molecule has 0 radical (unpaired) electrons. The Morgan fingerprint density at radius 3 is 2.51 bits per heavy atom. The fourth-order valence-corrected chi connectivity index (χ4v) is 4.08. The molecular formula is C26H23N3O6. The normalized spacial score (nSPS) is 14.9. The lowest BCUT2D eigenvalue weighted by Gasteiger charge is -2.26. The number of ether oxygens (including phenoxy) is 1. The van der Waals surface area contributed by atoms with Gasteiger partial charge in [0.05, 0.1) is 23.5 Å². The molecule has 9 heteroatoms. The maximum atomic E-state index is 13.3. The van der Waals surface area contributed by atoms with Crippen LogP contribution in [0.1, 0.15) is 34.2 Å². The van der Waals surface area contributed by atoms with Crippen molar-refractivity contribution in [3.8, 4) is 11.4 Å². The van der Waals surface area contributed by atoms with Crippen LogP contribution < -0.4 is 15.0 Å². The summed E-state index contributed by atoms with van der Waals surface area (Å²) < 4.78 is 7.20. The standard InChI is InChI=1S/C26H23N3O6/c1-4-35-19-9-7-8-18(14-19)29-24(31)21(23(30)27-26(29)34)13-17-12-15(2)28(16(17)3)22-11-6-5-10-20(22)25(32)33/h5-14H,4H2,1-3H3,(H,32,33)(H,27,30,34)/b21-13+. The number of urea groups is 1. The van der Waals surface area contributed by atoms with Gasteiger partial charge >= 0.3 is 12.0 Å². The van der Waals surface area contributed by atoms with Crippen molar-refractivity contribution in [2.24, 2.45) is 0 Å². The number of hydrogen-bond donors (Lipinski definition) is 2. The number of rotatable bonds is 6. The quantitative estimate of drug-likeness (QED) is 0.415. The number of imide groups is 2. The Labute approximate surface area is 201 Å². The van der Waals surface area contributed by atoms with Gasteiger partial charge in [0.15, 0.2) is 0 Å². The minimum atomic E-state index is -1.07. The zero-order valence-corrected chi connectivity index (χ0v) is 19.4. The van der Waals surface area contributed by atoms with Gasteiger partial charge in [-0.3, -0.25) is 14.9 Å². The Morgan fingerprint density at radius 1 is 1.06 bits per heavy atom. The van der Waals surface area contributed by atoms with E-state index in [2.05, 4.69) is 5.32 Å². The van der Waals surface area contributed by atoms with Crippen LogP contribution in [0.5, 0.6) is 5.75 Å². The van der Waals surface area contributed by atoms with Gasteiger partial charge < -0.3 is 14.4 Å². The van der Waals surface area contributed by atoms with E-state index >= 15 is 0 Å². The molecule has 0 atom stereocenters. The molecule has 2 heterocycles. The number of aromatic nitrogens is 1. The molecule has 1 aliphatic rings. The van der Waals surface area contributed by atoms with Crippen molar-refractivity contribution in [3.05, 3.63) is 82.7 Å². The highest BCUT2D eigenvalue weighted by molar-refractivity contribution is 6.39. The third-order valence-corrected chi connectivity index (χ3v) is 5.63. The summed E-state index contributed by atoms with van der Waals surface area (Å²) in [6.07, 6.45) is 1.41. The maximum absolute atomic E-state index is 13.3. The maximum Gasteiger partial charge on any atom is 0.337 e.